The topological polar surface area (TPSA) is 109 Å². The monoisotopic (exact) mass is 480 g/mol. The molecule has 1 aliphatic carbocycles. The van der Waals surface area contributed by atoms with Crippen LogP contribution in [0.4, 0.5) is 4.39 Å². The molecule has 2 aromatic heterocycles. The summed E-state index contributed by atoms with van der Waals surface area (Å²) in [5.74, 6) is -1.28. The third-order valence-electron chi connectivity index (χ3n) is 6.73. The van der Waals surface area contributed by atoms with Crippen LogP contribution in [-0.4, -0.2) is 57.3 Å². The summed E-state index contributed by atoms with van der Waals surface area (Å²) in [6, 6.07) is 5.82. The average Bonchev–Trinajstić information content (AvgIpc) is 3.42. The van der Waals surface area contributed by atoms with Gasteiger partial charge in [-0.25, -0.2) is 9.18 Å². The Balaban J connectivity index is 1.33. The maximum absolute atomic E-state index is 14.7. The number of nitrogens with one attached hydrogen (secondary N) is 1. The van der Waals surface area contributed by atoms with E-state index in [0.717, 1.165) is 12.8 Å². The van der Waals surface area contributed by atoms with Gasteiger partial charge in [-0.3, -0.25) is 23.9 Å². The second-order valence-corrected chi connectivity index (χ2v) is 8.89. The Hall–Kier alpha value is -3.95. The number of carbonyl (C=O) groups excluding carboxylic acids is 2. The molecule has 1 fully saturated rings. The average molecular weight is 480 g/mol. The summed E-state index contributed by atoms with van der Waals surface area (Å²) >= 11 is 0. The van der Waals surface area contributed by atoms with E-state index in [9.17, 15) is 23.6 Å². The molecule has 1 saturated heterocycles. The molecular formula is C25H25FN4O5. The van der Waals surface area contributed by atoms with Crippen LogP contribution in [0.3, 0.4) is 0 Å². The molecule has 35 heavy (non-hydrogen) atoms. The maximum atomic E-state index is 14.7. The molecule has 3 aromatic rings. The van der Waals surface area contributed by atoms with Gasteiger partial charge in [0.2, 0.25) is 0 Å². The lowest BCUT2D eigenvalue weighted by atomic mass is 9.96. The maximum Gasteiger partial charge on any atom is 0.328 e. The molecule has 1 aromatic carbocycles. The number of aromatic amines is 1. The number of rotatable bonds is 4. The van der Waals surface area contributed by atoms with Gasteiger partial charge in [0.15, 0.2) is 0 Å². The predicted octanol–water partition coefficient (Wildman–Crippen LogP) is 1.79. The molecule has 0 spiro atoms. The Labute approximate surface area is 199 Å². The summed E-state index contributed by atoms with van der Waals surface area (Å²) in [6.07, 6.45) is 5.84. The quantitative estimate of drug-likeness (QED) is 0.613. The number of amides is 2. The number of halogens is 1. The molecule has 5 rings (SSSR count). The van der Waals surface area contributed by atoms with E-state index in [1.807, 2.05) is 0 Å². The molecule has 2 aliphatic rings. The van der Waals surface area contributed by atoms with Gasteiger partial charge in [-0.15, -0.1) is 0 Å². The molecular weight excluding hydrogens is 455 g/mol. The molecule has 10 heteroatoms. The Morgan fingerprint density at radius 3 is 2.40 bits per heavy atom. The van der Waals surface area contributed by atoms with E-state index in [-0.39, 0.29) is 36.7 Å². The normalized spacial score (nSPS) is 15.7. The number of benzene rings is 1. The van der Waals surface area contributed by atoms with Gasteiger partial charge in [0.25, 0.3) is 17.4 Å². The molecule has 1 aliphatic heterocycles. The van der Waals surface area contributed by atoms with Crippen LogP contribution in [0.5, 0.6) is 0 Å². The highest BCUT2D eigenvalue weighted by atomic mass is 19.1. The lowest BCUT2D eigenvalue weighted by Crippen LogP contribution is -2.50. The molecule has 0 bridgehead atoms. The zero-order valence-corrected chi connectivity index (χ0v) is 19.1. The van der Waals surface area contributed by atoms with Crippen molar-refractivity contribution in [3.8, 4) is 0 Å². The molecule has 2 amide bonds. The van der Waals surface area contributed by atoms with Crippen molar-refractivity contribution in [2.75, 3.05) is 26.2 Å². The predicted molar refractivity (Wildman–Crippen MR) is 124 cm³/mol. The van der Waals surface area contributed by atoms with E-state index < -0.39 is 17.4 Å². The van der Waals surface area contributed by atoms with Crippen LogP contribution in [-0.2, 0) is 19.4 Å². The van der Waals surface area contributed by atoms with Crippen molar-refractivity contribution in [1.82, 2.24) is 19.4 Å². The number of furan rings is 1. The van der Waals surface area contributed by atoms with E-state index in [1.165, 1.54) is 34.1 Å². The van der Waals surface area contributed by atoms with E-state index in [0.29, 0.717) is 48.3 Å². The fourth-order valence-electron chi connectivity index (χ4n) is 4.83. The number of aromatic nitrogens is 2. The first kappa shape index (κ1) is 22.8. The Morgan fingerprint density at radius 2 is 1.69 bits per heavy atom. The number of nitrogens with zero attached hydrogens (tertiary/aromatic N) is 3. The van der Waals surface area contributed by atoms with E-state index in [1.54, 1.807) is 17.0 Å². The highest BCUT2D eigenvalue weighted by Crippen LogP contribution is 2.20. The van der Waals surface area contributed by atoms with Crippen LogP contribution < -0.4 is 11.2 Å². The number of hydrogen-bond acceptors (Lipinski definition) is 5. The number of fused-ring (bicyclic) bond motifs is 1. The SMILES string of the molecule is O=C(c1ccoc1)N1CCN(C(=O)c2cc(Cn3c4c(c(=O)[nH]c3=O)CCCC4)ccc2F)CC1. The molecule has 9 nitrogen and oxygen atoms in total. The lowest BCUT2D eigenvalue weighted by Gasteiger charge is -2.34. The summed E-state index contributed by atoms with van der Waals surface area (Å²) in [7, 11) is 0. The van der Waals surface area contributed by atoms with Gasteiger partial charge in [-0.2, -0.15) is 0 Å². The van der Waals surface area contributed by atoms with Gasteiger partial charge < -0.3 is 14.2 Å². The second-order valence-electron chi connectivity index (χ2n) is 8.89. The highest BCUT2D eigenvalue weighted by Gasteiger charge is 2.27. The molecule has 182 valence electrons. The summed E-state index contributed by atoms with van der Waals surface area (Å²) in [6.45, 7) is 1.34. The van der Waals surface area contributed by atoms with Crippen LogP contribution in [0, 0.1) is 5.82 Å². The van der Waals surface area contributed by atoms with Gasteiger partial charge >= 0.3 is 5.69 Å². The van der Waals surface area contributed by atoms with E-state index in [4.69, 9.17) is 4.42 Å². The van der Waals surface area contributed by atoms with E-state index in [2.05, 4.69) is 4.98 Å². The fourth-order valence-corrected chi connectivity index (χ4v) is 4.83. The Morgan fingerprint density at radius 1 is 0.971 bits per heavy atom. The van der Waals surface area contributed by atoms with Crippen molar-refractivity contribution in [3.63, 3.8) is 0 Å². The van der Waals surface area contributed by atoms with Gasteiger partial charge in [0, 0.05) is 37.4 Å². The van der Waals surface area contributed by atoms with Gasteiger partial charge in [0.1, 0.15) is 12.1 Å². The van der Waals surface area contributed by atoms with Gasteiger partial charge in [-0.05, 0) is 49.4 Å². The van der Waals surface area contributed by atoms with Crippen LogP contribution in [0.2, 0.25) is 0 Å². The largest absolute Gasteiger partial charge is 0.472 e. The molecule has 3 heterocycles. The van der Waals surface area contributed by atoms with Crippen molar-refractivity contribution in [3.05, 3.63) is 91.4 Å². The lowest BCUT2D eigenvalue weighted by molar-refractivity contribution is 0.0532. The van der Waals surface area contributed by atoms with Crippen LogP contribution in [0.25, 0.3) is 0 Å². The minimum atomic E-state index is -0.647. The summed E-state index contributed by atoms with van der Waals surface area (Å²) < 4.78 is 21.1. The summed E-state index contributed by atoms with van der Waals surface area (Å²) in [5, 5.41) is 0. The number of piperazine rings is 1. The summed E-state index contributed by atoms with van der Waals surface area (Å²) in [4.78, 5) is 55.9. The minimum absolute atomic E-state index is 0.0801. The summed E-state index contributed by atoms with van der Waals surface area (Å²) in [5.41, 5.74) is 1.43. The third-order valence-corrected chi connectivity index (χ3v) is 6.73. The van der Waals surface area contributed by atoms with Gasteiger partial charge in [-0.1, -0.05) is 6.07 Å². The van der Waals surface area contributed by atoms with Crippen molar-refractivity contribution >= 4 is 11.8 Å². The molecule has 0 atom stereocenters. The standard InChI is InChI=1S/C25H25FN4O5/c26-20-6-5-16(14-30-21-4-2-1-3-18(21)22(31)27-25(30)34)13-19(20)24(33)29-10-8-28(9-11-29)23(32)17-7-12-35-15-17/h5-7,12-13,15H,1-4,8-11,14H2,(H,27,31,34). The zero-order chi connectivity index (χ0) is 24.5. The van der Waals surface area contributed by atoms with Crippen molar-refractivity contribution < 1.29 is 18.4 Å². The zero-order valence-electron chi connectivity index (χ0n) is 19.1. The van der Waals surface area contributed by atoms with Crippen LogP contribution in [0.15, 0.2) is 50.8 Å². The third kappa shape index (κ3) is 4.43. The Kier molecular flexibility index (Phi) is 6.10. The minimum Gasteiger partial charge on any atom is -0.472 e. The highest BCUT2D eigenvalue weighted by molar-refractivity contribution is 5.96. The first-order valence-electron chi connectivity index (χ1n) is 11.7. The molecule has 0 saturated carbocycles. The number of carbonyl (C=O) groups is 2. The van der Waals surface area contributed by atoms with Crippen molar-refractivity contribution in [2.45, 2.75) is 32.2 Å². The molecule has 0 radical (unpaired) electrons. The van der Waals surface area contributed by atoms with E-state index >= 15 is 0 Å². The van der Waals surface area contributed by atoms with Crippen molar-refractivity contribution in [1.29, 1.82) is 0 Å². The Bertz CT molecular complexity index is 1380. The first-order valence-corrected chi connectivity index (χ1v) is 11.7. The smallest absolute Gasteiger partial charge is 0.328 e. The number of H-pyrrole nitrogens is 1. The van der Waals surface area contributed by atoms with Crippen LogP contribution in [0.1, 0.15) is 50.4 Å². The van der Waals surface area contributed by atoms with Gasteiger partial charge in [0.05, 0.1) is 23.9 Å². The second kappa shape index (κ2) is 9.36. The number of hydrogen-bond donors (Lipinski definition) is 1. The van der Waals surface area contributed by atoms with Crippen LogP contribution >= 0.6 is 0 Å². The molecule has 0 unspecified atom stereocenters. The van der Waals surface area contributed by atoms with Crippen molar-refractivity contribution in [2.24, 2.45) is 0 Å². The molecule has 1 N–H and O–H groups in total. The fraction of sp³-hybridized carbons (Fsp3) is 0.360. The first-order chi connectivity index (χ1) is 16.9.